The maximum atomic E-state index is 13.1. The number of nitrogens with zero attached hydrogens (tertiary/aromatic N) is 5. The molecule has 1 saturated heterocycles. The van der Waals surface area contributed by atoms with E-state index in [1.165, 1.54) is 5.56 Å². The molecule has 0 bridgehead atoms. The van der Waals surface area contributed by atoms with E-state index in [0.29, 0.717) is 24.3 Å². The van der Waals surface area contributed by atoms with Crippen LogP contribution in [0.1, 0.15) is 40.6 Å². The van der Waals surface area contributed by atoms with Gasteiger partial charge in [-0.05, 0) is 48.9 Å². The summed E-state index contributed by atoms with van der Waals surface area (Å²) >= 11 is 0. The number of pyridine rings is 2. The van der Waals surface area contributed by atoms with E-state index in [9.17, 15) is 9.90 Å². The van der Waals surface area contributed by atoms with Gasteiger partial charge in [-0.25, -0.2) is 9.97 Å². The summed E-state index contributed by atoms with van der Waals surface area (Å²) in [5.74, 6) is 0.0684. The number of benzene rings is 1. The number of aromatic nitrogens is 4. The van der Waals surface area contributed by atoms with E-state index in [2.05, 4.69) is 27.1 Å². The molecular formula is C26H27N5O2. The van der Waals surface area contributed by atoms with Crippen molar-refractivity contribution in [2.45, 2.75) is 31.9 Å². The Morgan fingerprint density at radius 3 is 2.58 bits per heavy atom. The summed E-state index contributed by atoms with van der Waals surface area (Å²) in [7, 11) is 0. The van der Waals surface area contributed by atoms with Crippen molar-refractivity contribution in [3.8, 4) is 0 Å². The smallest absolute Gasteiger partial charge is 0.255 e. The number of likely N-dealkylation sites (tertiary alicyclic amines) is 1. The predicted molar refractivity (Wildman–Crippen MR) is 125 cm³/mol. The molecule has 1 fully saturated rings. The molecule has 1 N–H and O–H groups in total. The summed E-state index contributed by atoms with van der Waals surface area (Å²) in [5.41, 5.74) is 4.04. The van der Waals surface area contributed by atoms with E-state index in [0.717, 1.165) is 37.0 Å². The van der Waals surface area contributed by atoms with Crippen molar-refractivity contribution in [2.24, 2.45) is 5.92 Å². The first kappa shape index (κ1) is 21.3. The Balaban J connectivity index is 1.22. The number of rotatable bonds is 6. The predicted octanol–water partition coefficient (Wildman–Crippen LogP) is 3.65. The fourth-order valence-electron chi connectivity index (χ4n) is 4.52. The highest BCUT2D eigenvalue weighted by Gasteiger charge is 2.29. The number of carbonyl (C=O) groups excluding carboxylic acids is 1. The highest BCUT2D eigenvalue weighted by atomic mass is 16.3. The molecule has 0 radical (unpaired) electrons. The van der Waals surface area contributed by atoms with Crippen LogP contribution in [-0.2, 0) is 13.0 Å². The fraction of sp³-hybridized carbons (Fsp3) is 0.308. The van der Waals surface area contributed by atoms with Gasteiger partial charge in [-0.15, -0.1) is 0 Å². The van der Waals surface area contributed by atoms with Gasteiger partial charge in [-0.3, -0.25) is 9.78 Å². The Kier molecular flexibility index (Phi) is 6.13. The van der Waals surface area contributed by atoms with E-state index in [4.69, 9.17) is 0 Å². The molecular weight excluding hydrogens is 414 g/mol. The average molecular weight is 442 g/mol. The number of hydrogen-bond donors (Lipinski definition) is 1. The summed E-state index contributed by atoms with van der Waals surface area (Å²) in [6.45, 7) is 2.00. The fourth-order valence-corrected chi connectivity index (χ4v) is 4.52. The molecule has 1 atom stereocenters. The molecule has 4 heterocycles. The number of piperidine rings is 1. The first-order chi connectivity index (χ1) is 16.2. The maximum Gasteiger partial charge on any atom is 0.255 e. The minimum absolute atomic E-state index is 0.0333. The molecule has 7 nitrogen and oxygen atoms in total. The molecule has 0 spiro atoms. The quantitative estimate of drug-likeness (QED) is 0.494. The monoisotopic (exact) mass is 441 g/mol. The molecule has 1 aromatic carbocycles. The molecule has 4 aromatic rings. The number of hydrogen-bond acceptors (Lipinski definition) is 5. The molecule has 1 unspecified atom stereocenters. The first-order valence-corrected chi connectivity index (χ1v) is 11.4. The first-order valence-electron chi connectivity index (χ1n) is 11.4. The summed E-state index contributed by atoms with van der Waals surface area (Å²) < 4.78 is 2.03. The lowest BCUT2D eigenvalue weighted by atomic mass is 9.89. The Hall–Kier alpha value is -3.58. The average Bonchev–Trinajstić information content (AvgIpc) is 3.30. The number of aryl methyl sites for hydroxylation is 2. The number of imidazole rings is 1. The van der Waals surface area contributed by atoms with Gasteiger partial charge in [0, 0.05) is 32.0 Å². The number of carbonyl (C=O) groups is 1. The standard InChI is InChI=1S/C26H27N5O2/c32-24(22-8-4-5-12-27-22)20-10-14-30(15-11-20)26(33)21-16-23-25(28-17-21)31(18-29-23)13-9-19-6-2-1-3-7-19/h1-8,12,16-18,20,24,32H,9-11,13-15H2. The van der Waals surface area contributed by atoms with E-state index in [1.54, 1.807) is 18.7 Å². The molecule has 0 saturated carbocycles. The SMILES string of the molecule is O=C(c1cnc2c(c1)ncn2CCc1ccccc1)N1CCC(C(O)c2ccccn2)CC1. The van der Waals surface area contributed by atoms with Crippen LogP contribution in [0.25, 0.3) is 11.2 Å². The van der Waals surface area contributed by atoms with Crippen LogP contribution >= 0.6 is 0 Å². The van der Waals surface area contributed by atoms with Crippen LogP contribution in [0.15, 0.2) is 73.3 Å². The second kappa shape index (κ2) is 9.50. The Bertz CT molecular complexity index is 1220. The Morgan fingerprint density at radius 2 is 1.82 bits per heavy atom. The second-order valence-electron chi connectivity index (χ2n) is 8.57. The molecule has 1 aliphatic rings. The van der Waals surface area contributed by atoms with Crippen LogP contribution in [0.2, 0.25) is 0 Å². The summed E-state index contributed by atoms with van der Waals surface area (Å²) in [6, 6.07) is 17.7. The van der Waals surface area contributed by atoms with Crippen molar-refractivity contribution in [1.82, 2.24) is 24.4 Å². The van der Waals surface area contributed by atoms with Crippen LogP contribution in [0.4, 0.5) is 0 Å². The lowest BCUT2D eigenvalue weighted by Gasteiger charge is -2.34. The lowest BCUT2D eigenvalue weighted by Crippen LogP contribution is -2.39. The van der Waals surface area contributed by atoms with Crippen molar-refractivity contribution in [3.05, 3.63) is 90.1 Å². The van der Waals surface area contributed by atoms with E-state index >= 15 is 0 Å². The second-order valence-corrected chi connectivity index (χ2v) is 8.57. The minimum Gasteiger partial charge on any atom is -0.387 e. The maximum absolute atomic E-state index is 13.1. The van der Waals surface area contributed by atoms with Crippen molar-refractivity contribution in [3.63, 3.8) is 0 Å². The third-order valence-corrected chi connectivity index (χ3v) is 6.45. The summed E-state index contributed by atoms with van der Waals surface area (Å²) in [4.78, 5) is 28.2. The molecule has 5 rings (SSSR count). The van der Waals surface area contributed by atoms with Crippen LogP contribution in [0.5, 0.6) is 0 Å². The highest BCUT2D eigenvalue weighted by molar-refractivity contribution is 5.96. The van der Waals surface area contributed by atoms with Gasteiger partial charge in [0.2, 0.25) is 0 Å². The number of aliphatic hydroxyl groups excluding tert-OH is 1. The van der Waals surface area contributed by atoms with E-state index < -0.39 is 6.10 Å². The van der Waals surface area contributed by atoms with E-state index in [1.807, 2.05) is 51.9 Å². The highest BCUT2D eigenvalue weighted by Crippen LogP contribution is 2.30. The van der Waals surface area contributed by atoms with Crippen molar-refractivity contribution in [1.29, 1.82) is 0 Å². The normalized spacial score (nSPS) is 15.6. The van der Waals surface area contributed by atoms with E-state index in [-0.39, 0.29) is 11.8 Å². The lowest BCUT2D eigenvalue weighted by molar-refractivity contribution is 0.0447. The topological polar surface area (TPSA) is 84.1 Å². The van der Waals surface area contributed by atoms with Gasteiger partial charge in [-0.2, -0.15) is 0 Å². The Morgan fingerprint density at radius 1 is 1.03 bits per heavy atom. The van der Waals surface area contributed by atoms with Crippen LogP contribution in [0.3, 0.4) is 0 Å². The number of amides is 1. The van der Waals surface area contributed by atoms with Gasteiger partial charge in [0.1, 0.15) is 5.52 Å². The van der Waals surface area contributed by atoms with Crippen molar-refractivity contribution in [2.75, 3.05) is 13.1 Å². The zero-order valence-corrected chi connectivity index (χ0v) is 18.4. The minimum atomic E-state index is -0.596. The molecule has 33 heavy (non-hydrogen) atoms. The molecule has 3 aromatic heterocycles. The van der Waals surface area contributed by atoms with Crippen LogP contribution < -0.4 is 0 Å². The summed E-state index contributed by atoms with van der Waals surface area (Å²) in [6.07, 6.45) is 6.93. The largest absolute Gasteiger partial charge is 0.387 e. The van der Waals surface area contributed by atoms with Gasteiger partial charge in [-0.1, -0.05) is 36.4 Å². The Labute approximate surface area is 192 Å². The molecule has 1 amide bonds. The van der Waals surface area contributed by atoms with Crippen molar-refractivity contribution >= 4 is 17.1 Å². The zero-order chi connectivity index (χ0) is 22.6. The van der Waals surface area contributed by atoms with Gasteiger partial charge in [0.25, 0.3) is 5.91 Å². The summed E-state index contributed by atoms with van der Waals surface area (Å²) in [5, 5.41) is 10.6. The van der Waals surface area contributed by atoms with Crippen LogP contribution in [-0.4, -0.2) is 48.5 Å². The number of aliphatic hydroxyl groups is 1. The third-order valence-electron chi connectivity index (χ3n) is 6.45. The molecule has 168 valence electrons. The number of fused-ring (bicyclic) bond motifs is 1. The van der Waals surface area contributed by atoms with Gasteiger partial charge in [0.05, 0.1) is 23.7 Å². The van der Waals surface area contributed by atoms with Crippen LogP contribution in [0, 0.1) is 5.92 Å². The molecule has 1 aliphatic heterocycles. The zero-order valence-electron chi connectivity index (χ0n) is 18.4. The van der Waals surface area contributed by atoms with Crippen molar-refractivity contribution < 1.29 is 9.90 Å². The third kappa shape index (κ3) is 4.64. The van der Waals surface area contributed by atoms with Gasteiger partial charge >= 0.3 is 0 Å². The molecule has 7 heteroatoms. The van der Waals surface area contributed by atoms with Gasteiger partial charge in [0.15, 0.2) is 5.65 Å². The molecule has 0 aliphatic carbocycles. The van der Waals surface area contributed by atoms with Gasteiger partial charge < -0.3 is 14.6 Å².